The lowest BCUT2D eigenvalue weighted by atomic mass is 9.90. The number of hydrogen-bond donors (Lipinski definition) is 1. The molecule has 1 aliphatic heterocycles. The predicted octanol–water partition coefficient (Wildman–Crippen LogP) is 1.68. The second-order valence-corrected chi connectivity index (χ2v) is 7.04. The van der Waals surface area contributed by atoms with Crippen LogP contribution in [0.3, 0.4) is 0 Å². The molecular weight excluding hydrogens is 262 g/mol. The lowest BCUT2D eigenvalue weighted by Crippen LogP contribution is -2.45. The van der Waals surface area contributed by atoms with Gasteiger partial charge in [0.1, 0.15) is 4.88 Å². The lowest BCUT2D eigenvalue weighted by molar-refractivity contribution is 0.0299. The predicted molar refractivity (Wildman–Crippen MR) is 74.3 cm³/mol. The Kier molecular flexibility index (Phi) is 3.92. The summed E-state index contributed by atoms with van der Waals surface area (Å²) in [5, 5.41) is 13.8. The topological polar surface area (TPSA) is 66.3 Å². The van der Waals surface area contributed by atoms with Crippen molar-refractivity contribution in [2.24, 2.45) is 5.92 Å². The van der Waals surface area contributed by atoms with Crippen molar-refractivity contribution in [1.82, 2.24) is 14.5 Å². The van der Waals surface area contributed by atoms with Crippen molar-refractivity contribution in [2.75, 3.05) is 13.1 Å². The maximum atomic E-state index is 12.6. The Morgan fingerprint density at radius 1 is 1.47 bits per heavy atom. The number of carbonyl (C=O) groups excluding carboxylic acids is 1. The molecular formula is C13H21N3O2S. The molecule has 1 N–H and O–H groups in total. The van der Waals surface area contributed by atoms with E-state index < -0.39 is 0 Å². The summed E-state index contributed by atoms with van der Waals surface area (Å²) in [4.78, 5) is 15.0. The third-order valence-electron chi connectivity index (χ3n) is 3.54. The van der Waals surface area contributed by atoms with E-state index in [9.17, 15) is 9.90 Å². The Morgan fingerprint density at radius 3 is 2.74 bits per heavy atom. The molecule has 2 heterocycles. The molecule has 0 radical (unpaired) electrons. The minimum Gasteiger partial charge on any atom is -0.393 e. The van der Waals surface area contributed by atoms with Crippen LogP contribution in [0.1, 0.15) is 49.5 Å². The van der Waals surface area contributed by atoms with Gasteiger partial charge in [0.05, 0.1) is 11.8 Å². The van der Waals surface area contributed by atoms with Crippen molar-refractivity contribution in [3.63, 3.8) is 0 Å². The van der Waals surface area contributed by atoms with Crippen LogP contribution < -0.4 is 0 Å². The van der Waals surface area contributed by atoms with Crippen LogP contribution in [0, 0.1) is 5.92 Å². The Morgan fingerprint density at radius 2 is 2.16 bits per heavy atom. The standard InChI is InChI=1S/C13H21N3O2S/c1-8-7-16(6-5-9(8)17)12(18)10-11(13(2,3)4)14-15-19-10/h8-9,17H,5-7H2,1-4H3. The van der Waals surface area contributed by atoms with Gasteiger partial charge in [0.25, 0.3) is 5.91 Å². The van der Waals surface area contributed by atoms with Gasteiger partial charge in [-0.05, 0) is 23.9 Å². The maximum absolute atomic E-state index is 12.6. The van der Waals surface area contributed by atoms with Crippen molar-refractivity contribution in [1.29, 1.82) is 0 Å². The van der Waals surface area contributed by atoms with Gasteiger partial charge in [0.2, 0.25) is 0 Å². The summed E-state index contributed by atoms with van der Waals surface area (Å²) in [6.45, 7) is 9.27. The number of piperidine rings is 1. The molecule has 0 saturated carbocycles. The van der Waals surface area contributed by atoms with Crippen molar-refractivity contribution < 1.29 is 9.90 Å². The van der Waals surface area contributed by atoms with E-state index in [4.69, 9.17) is 0 Å². The SMILES string of the molecule is CC1CN(C(=O)c2snnc2C(C)(C)C)CCC1O. The largest absolute Gasteiger partial charge is 0.393 e. The maximum Gasteiger partial charge on any atom is 0.267 e. The van der Waals surface area contributed by atoms with Gasteiger partial charge in [-0.1, -0.05) is 32.2 Å². The van der Waals surface area contributed by atoms with Gasteiger partial charge in [-0.25, -0.2) is 0 Å². The van der Waals surface area contributed by atoms with E-state index in [1.165, 1.54) is 11.5 Å². The first-order chi connectivity index (χ1) is 8.80. The first kappa shape index (κ1) is 14.4. The van der Waals surface area contributed by atoms with Crippen LogP contribution >= 0.6 is 11.5 Å². The fourth-order valence-corrected chi connectivity index (χ4v) is 3.13. The van der Waals surface area contributed by atoms with Gasteiger partial charge < -0.3 is 10.0 Å². The second kappa shape index (κ2) is 5.17. The van der Waals surface area contributed by atoms with Gasteiger partial charge in [0.15, 0.2) is 0 Å². The summed E-state index contributed by atoms with van der Waals surface area (Å²) in [5.41, 5.74) is 0.583. The highest BCUT2D eigenvalue weighted by atomic mass is 32.1. The number of carbonyl (C=O) groups is 1. The van der Waals surface area contributed by atoms with Crippen LogP contribution in [0.15, 0.2) is 0 Å². The molecule has 106 valence electrons. The molecule has 19 heavy (non-hydrogen) atoms. The monoisotopic (exact) mass is 283 g/mol. The van der Waals surface area contributed by atoms with E-state index in [0.29, 0.717) is 24.4 Å². The number of rotatable bonds is 1. The Bertz CT molecular complexity index is 467. The van der Waals surface area contributed by atoms with Gasteiger partial charge in [-0.15, -0.1) is 5.10 Å². The van der Waals surface area contributed by atoms with Crippen LogP contribution in [0.25, 0.3) is 0 Å². The first-order valence-electron chi connectivity index (χ1n) is 6.61. The molecule has 5 nitrogen and oxygen atoms in total. The summed E-state index contributed by atoms with van der Waals surface area (Å²) < 4.78 is 3.93. The first-order valence-corrected chi connectivity index (χ1v) is 7.38. The number of hydrogen-bond acceptors (Lipinski definition) is 5. The number of nitrogens with zero attached hydrogens (tertiary/aromatic N) is 3. The fourth-order valence-electron chi connectivity index (χ4n) is 2.28. The molecule has 1 saturated heterocycles. The molecule has 2 rings (SSSR count). The molecule has 1 aromatic rings. The van der Waals surface area contributed by atoms with Gasteiger partial charge in [-0.2, -0.15) is 0 Å². The zero-order chi connectivity index (χ0) is 14.2. The smallest absolute Gasteiger partial charge is 0.267 e. The molecule has 2 atom stereocenters. The molecule has 0 bridgehead atoms. The van der Waals surface area contributed by atoms with Crippen molar-refractivity contribution in [3.05, 3.63) is 10.6 Å². The minimum atomic E-state index is -0.300. The zero-order valence-corrected chi connectivity index (χ0v) is 12.7. The van der Waals surface area contributed by atoms with Crippen LogP contribution in [0.4, 0.5) is 0 Å². The minimum absolute atomic E-state index is 0.00123. The highest BCUT2D eigenvalue weighted by molar-refractivity contribution is 7.08. The van der Waals surface area contributed by atoms with E-state index >= 15 is 0 Å². The Balaban J connectivity index is 2.19. The lowest BCUT2D eigenvalue weighted by Gasteiger charge is -2.34. The molecule has 1 aromatic heterocycles. The molecule has 0 spiro atoms. The Hall–Kier alpha value is -1.01. The number of amides is 1. The fraction of sp³-hybridized carbons (Fsp3) is 0.769. The van der Waals surface area contributed by atoms with E-state index in [1.54, 1.807) is 0 Å². The number of aliphatic hydroxyl groups excluding tert-OH is 1. The third-order valence-corrected chi connectivity index (χ3v) is 4.25. The van der Waals surface area contributed by atoms with Crippen molar-refractivity contribution in [3.8, 4) is 0 Å². The average Bonchev–Trinajstić information content (AvgIpc) is 2.80. The van der Waals surface area contributed by atoms with E-state index in [-0.39, 0.29) is 23.3 Å². The van der Waals surface area contributed by atoms with Crippen molar-refractivity contribution in [2.45, 2.75) is 45.6 Å². The van der Waals surface area contributed by atoms with E-state index in [0.717, 1.165) is 5.69 Å². The van der Waals surface area contributed by atoms with Crippen LogP contribution in [0.5, 0.6) is 0 Å². The molecule has 6 heteroatoms. The second-order valence-electron chi connectivity index (χ2n) is 6.29. The average molecular weight is 283 g/mol. The Labute approximate surface area is 117 Å². The van der Waals surface area contributed by atoms with Gasteiger partial charge in [0, 0.05) is 18.5 Å². The zero-order valence-electron chi connectivity index (χ0n) is 11.9. The highest BCUT2D eigenvalue weighted by Gasteiger charge is 2.32. The number of aliphatic hydroxyl groups is 1. The van der Waals surface area contributed by atoms with Crippen LogP contribution in [0.2, 0.25) is 0 Å². The summed E-state index contributed by atoms with van der Waals surface area (Å²) in [5.74, 6) is 0.121. The summed E-state index contributed by atoms with van der Waals surface area (Å²) in [7, 11) is 0. The molecule has 1 fully saturated rings. The van der Waals surface area contributed by atoms with Gasteiger partial charge in [-0.3, -0.25) is 4.79 Å². The number of likely N-dealkylation sites (tertiary alicyclic amines) is 1. The van der Waals surface area contributed by atoms with Crippen LogP contribution in [-0.2, 0) is 5.41 Å². The van der Waals surface area contributed by atoms with Crippen LogP contribution in [-0.4, -0.2) is 44.7 Å². The molecule has 1 amide bonds. The molecule has 0 aliphatic carbocycles. The normalized spacial score (nSPS) is 24.6. The number of aromatic nitrogens is 2. The third kappa shape index (κ3) is 2.95. The quantitative estimate of drug-likeness (QED) is 0.851. The van der Waals surface area contributed by atoms with E-state index in [1.807, 2.05) is 32.6 Å². The summed E-state index contributed by atoms with van der Waals surface area (Å²) in [6.07, 6.45) is 0.343. The molecule has 2 unspecified atom stereocenters. The highest BCUT2D eigenvalue weighted by Crippen LogP contribution is 2.28. The van der Waals surface area contributed by atoms with Gasteiger partial charge >= 0.3 is 0 Å². The van der Waals surface area contributed by atoms with Crippen molar-refractivity contribution >= 4 is 17.4 Å². The van der Waals surface area contributed by atoms with E-state index in [2.05, 4.69) is 9.59 Å². The summed E-state index contributed by atoms with van der Waals surface area (Å²) in [6, 6.07) is 0. The summed E-state index contributed by atoms with van der Waals surface area (Å²) >= 11 is 1.17. The molecule has 0 aromatic carbocycles. The molecule has 1 aliphatic rings.